The zero-order valence-electron chi connectivity index (χ0n) is 11.3. The summed E-state index contributed by atoms with van der Waals surface area (Å²) < 4.78 is 60.1. The van der Waals surface area contributed by atoms with E-state index in [9.17, 15) is 17.2 Å². The first kappa shape index (κ1) is 17.0. The zero-order chi connectivity index (χ0) is 15.4. The summed E-state index contributed by atoms with van der Waals surface area (Å²) in [6.45, 7) is -0.944. The molecule has 8 heteroatoms. The highest BCUT2D eigenvalue weighted by Gasteiger charge is 2.44. The van der Waals surface area contributed by atoms with E-state index >= 15 is 0 Å². The van der Waals surface area contributed by atoms with Crippen molar-refractivity contribution in [3.63, 3.8) is 0 Å². The van der Waals surface area contributed by atoms with Crippen molar-refractivity contribution in [1.82, 2.24) is 0 Å². The maximum atomic E-state index is 13.0. The fourth-order valence-corrected chi connectivity index (χ4v) is 1.84. The number of alkyl halides is 2. The molecule has 0 radical (unpaired) electrons. The van der Waals surface area contributed by atoms with Gasteiger partial charge in [0.25, 0.3) is 0 Å². The van der Waals surface area contributed by atoms with Crippen LogP contribution in [0.25, 0.3) is 0 Å². The Labute approximate surface area is 117 Å². The Bertz CT molecular complexity index is 532. The van der Waals surface area contributed by atoms with Crippen molar-refractivity contribution >= 4 is 10.1 Å². The van der Waals surface area contributed by atoms with Crippen molar-refractivity contribution in [2.24, 2.45) is 0 Å². The van der Waals surface area contributed by atoms with Crippen LogP contribution in [0.1, 0.15) is 5.56 Å². The molecular formula is C12H18F2NO4S+. The number of hydrogen-bond donors (Lipinski definition) is 1. The highest BCUT2D eigenvalue weighted by Crippen LogP contribution is 2.21. The Morgan fingerprint density at radius 3 is 2.30 bits per heavy atom. The van der Waals surface area contributed by atoms with E-state index in [0.29, 0.717) is 6.54 Å². The number of nitrogens with zero attached hydrogens (tertiary/aromatic N) is 1. The third kappa shape index (κ3) is 5.12. The Morgan fingerprint density at radius 2 is 1.80 bits per heavy atom. The lowest BCUT2D eigenvalue weighted by Crippen LogP contribution is -2.43. The molecule has 0 saturated carbocycles. The van der Waals surface area contributed by atoms with Gasteiger partial charge in [0.2, 0.25) is 0 Å². The summed E-state index contributed by atoms with van der Waals surface area (Å²) in [5.74, 6) is 0. The monoisotopic (exact) mass is 310 g/mol. The van der Waals surface area contributed by atoms with E-state index in [1.54, 1.807) is 14.1 Å². The molecule has 0 spiro atoms. The summed E-state index contributed by atoms with van der Waals surface area (Å²) in [5.41, 5.74) is 1.00. The van der Waals surface area contributed by atoms with E-state index < -0.39 is 22.0 Å². The van der Waals surface area contributed by atoms with Crippen molar-refractivity contribution in [3.05, 3.63) is 35.9 Å². The molecule has 1 N–H and O–H groups in total. The van der Waals surface area contributed by atoms with Gasteiger partial charge < -0.3 is 9.22 Å². The van der Waals surface area contributed by atoms with Crippen molar-refractivity contribution < 1.29 is 31.0 Å². The molecule has 0 aliphatic heterocycles. The molecule has 0 atom stereocenters. The Hall–Kier alpha value is -1.09. The predicted octanol–water partition coefficient (Wildman–Crippen LogP) is 1.72. The summed E-state index contributed by atoms with van der Waals surface area (Å²) >= 11 is 0. The van der Waals surface area contributed by atoms with E-state index in [2.05, 4.69) is 0 Å². The average molecular weight is 310 g/mol. The van der Waals surface area contributed by atoms with Crippen LogP contribution in [-0.2, 0) is 21.4 Å². The van der Waals surface area contributed by atoms with Gasteiger partial charge in [0.1, 0.15) is 13.2 Å². The number of benzene rings is 1. The minimum Gasteiger partial charge on any atom is -0.324 e. The lowest BCUT2D eigenvalue weighted by Gasteiger charge is -2.29. The normalized spacial score (nSPS) is 13.4. The molecule has 0 unspecified atom stereocenters. The molecule has 0 aromatic heterocycles. The first-order chi connectivity index (χ1) is 9.04. The van der Waals surface area contributed by atoms with Gasteiger partial charge in [-0.05, 0) is 0 Å². The second-order valence-electron chi connectivity index (χ2n) is 5.17. The van der Waals surface area contributed by atoms with Gasteiger partial charge in [0.05, 0.1) is 14.1 Å². The van der Waals surface area contributed by atoms with Crippen LogP contribution in [0.2, 0.25) is 0 Å². The van der Waals surface area contributed by atoms with Crippen LogP contribution >= 0.6 is 0 Å². The molecule has 5 nitrogen and oxygen atoms in total. The first-order valence-corrected chi connectivity index (χ1v) is 7.26. The molecule has 0 amide bonds. The van der Waals surface area contributed by atoms with E-state index in [-0.39, 0.29) is 11.2 Å². The summed E-state index contributed by atoms with van der Waals surface area (Å²) in [7, 11) is -1.92. The van der Waals surface area contributed by atoms with Gasteiger partial charge in [0.15, 0.2) is 6.73 Å². The van der Waals surface area contributed by atoms with Crippen molar-refractivity contribution in [3.8, 4) is 0 Å². The van der Waals surface area contributed by atoms with Crippen molar-refractivity contribution in [2.75, 3.05) is 27.4 Å². The van der Waals surface area contributed by atoms with Crippen LogP contribution in [0, 0.1) is 0 Å². The van der Waals surface area contributed by atoms with Crippen LogP contribution in [0.15, 0.2) is 30.3 Å². The minimum atomic E-state index is -5.44. The van der Waals surface area contributed by atoms with E-state index in [4.69, 9.17) is 9.29 Å². The van der Waals surface area contributed by atoms with E-state index in [0.717, 1.165) is 5.56 Å². The SMILES string of the molecule is C[N+](C)(COCC(F)(F)S(=O)(=O)O)Cc1ccccc1. The summed E-state index contributed by atoms with van der Waals surface area (Å²) in [4.78, 5) is 0. The Kier molecular flexibility index (Phi) is 5.20. The number of hydrogen-bond acceptors (Lipinski definition) is 3. The maximum absolute atomic E-state index is 13.0. The van der Waals surface area contributed by atoms with Gasteiger partial charge in [-0.15, -0.1) is 0 Å². The van der Waals surface area contributed by atoms with Crippen molar-refractivity contribution in [1.29, 1.82) is 0 Å². The number of quaternary nitrogens is 1. The van der Waals surface area contributed by atoms with Crippen LogP contribution in [-0.4, -0.2) is 50.1 Å². The molecule has 0 saturated heterocycles. The van der Waals surface area contributed by atoms with Gasteiger partial charge in [-0.3, -0.25) is 4.55 Å². The molecule has 1 aromatic rings. The highest BCUT2D eigenvalue weighted by molar-refractivity contribution is 7.86. The van der Waals surface area contributed by atoms with Crippen LogP contribution in [0.4, 0.5) is 8.78 Å². The lowest BCUT2D eigenvalue weighted by atomic mass is 10.2. The highest BCUT2D eigenvalue weighted by atomic mass is 32.2. The minimum absolute atomic E-state index is 0.111. The molecule has 0 aliphatic rings. The molecule has 114 valence electrons. The average Bonchev–Trinajstić information content (AvgIpc) is 2.27. The molecule has 0 heterocycles. The predicted molar refractivity (Wildman–Crippen MR) is 69.6 cm³/mol. The smallest absolute Gasteiger partial charge is 0.324 e. The molecule has 20 heavy (non-hydrogen) atoms. The third-order valence-electron chi connectivity index (χ3n) is 2.54. The van der Waals surface area contributed by atoms with Gasteiger partial charge in [-0.25, -0.2) is 0 Å². The molecular weight excluding hydrogens is 292 g/mol. The number of rotatable bonds is 7. The topological polar surface area (TPSA) is 63.6 Å². The summed E-state index contributed by atoms with van der Waals surface area (Å²) in [6.07, 6.45) is 0. The van der Waals surface area contributed by atoms with Gasteiger partial charge in [0, 0.05) is 5.56 Å². The van der Waals surface area contributed by atoms with Gasteiger partial charge in [-0.2, -0.15) is 17.2 Å². The quantitative estimate of drug-likeness (QED) is 0.473. The zero-order valence-corrected chi connectivity index (χ0v) is 12.1. The second kappa shape index (κ2) is 6.13. The summed E-state index contributed by atoms with van der Waals surface area (Å²) in [5, 5.41) is -4.29. The third-order valence-corrected chi connectivity index (χ3v) is 3.41. The molecule has 0 bridgehead atoms. The molecule has 1 aromatic carbocycles. The van der Waals surface area contributed by atoms with Crippen LogP contribution in [0.5, 0.6) is 0 Å². The summed E-state index contributed by atoms with van der Waals surface area (Å²) in [6, 6.07) is 9.39. The Balaban J connectivity index is 2.52. The van der Waals surface area contributed by atoms with Crippen molar-refractivity contribution in [2.45, 2.75) is 11.8 Å². The van der Waals surface area contributed by atoms with E-state index in [1.807, 2.05) is 30.3 Å². The van der Waals surface area contributed by atoms with Crippen LogP contribution in [0.3, 0.4) is 0 Å². The molecule has 0 aliphatic carbocycles. The number of halogens is 2. The van der Waals surface area contributed by atoms with Gasteiger partial charge >= 0.3 is 15.4 Å². The van der Waals surface area contributed by atoms with Crippen LogP contribution < -0.4 is 0 Å². The fraction of sp³-hybridized carbons (Fsp3) is 0.500. The standard InChI is InChI=1S/C12H17F2NO4S/c1-15(2,8-11-6-4-3-5-7-11)10-19-9-12(13,14)20(16,17)18/h3-7H,8-10H2,1-2H3/p+1. The van der Waals surface area contributed by atoms with Gasteiger partial charge in [-0.1, -0.05) is 30.3 Å². The molecule has 0 fully saturated rings. The lowest BCUT2D eigenvalue weighted by molar-refractivity contribution is -0.922. The molecule has 1 rings (SSSR count). The maximum Gasteiger partial charge on any atom is 0.392 e. The first-order valence-electron chi connectivity index (χ1n) is 5.82. The van der Waals surface area contributed by atoms with E-state index in [1.165, 1.54) is 0 Å². The second-order valence-corrected chi connectivity index (χ2v) is 6.72. The number of ether oxygens (including phenoxy) is 1. The fourth-order valence-electron chi connectivity index (χ4n) is 1.61. The largest absolute Gasteiger partial charge is 0.392 e. The Morgan fingerprint density at radius 1 is 1.25 bits per heavy atom.